The first-order valence-corrected chi connectivity index (χ1v) is 9.05. The minimum atomic E-state index is -0.203. The van der Waals surface area contributed by atoms with Crippen LogP contribution in [0.4, 0.5) is 0 Å². The van der Waals surface area contributed by atoms with E-state index in [4.69, 9.17) is 21.1 Å². The Hall–Kier alpha value is -1.80. The molecule has 0 atom stereocenters. The normalized spacial score (nSPS) is 10.7. The van der Waals surface area contributed by atoms with Crippen molar-refractivity contribution in [2.45, 2.75) is 13.3 Å². The molecule has 0 aromatic heterocycles. The minimum Gasteiger partial charge on any atom is -0.493 e. The molecule has 0 fully saturated rings. The largest absolute Gasteiger partial charge is 0.493 e. The fraction of sp³-hybridized carbons (Fsp3) is 0.222. The number of benzene rings is 2. The van der Waals surface area contributed by atoms with E-state index < -0.39 is 0 Å². The van der Waals surface area contributed by atoms with E-state index in [1.54, 1.807) is 25.5 Å². The van der Waals surface area contributed by atoms with Gasteiger partial charge in [0.15, 0.2) is 11.5 Å². The highest BCUT2D eigenvalue weighted by molar-refractivity contribution is 14.1. The molecule has 7 heteroatoms. The summed E-state index contributed by atoms with van der Waals surface area (Å²) in [6, 6.07) is 10.8. The second-order valence-electron chi connectivity index (χ2n) is 5.06. The van der Waals surface area contributed by atoms with Gasteiger partial charge in [-0.25, -0.2) is 5.43 Å². The van der Waals surface area contributed by atoms with E-state index in [0.29, 0.717) is 23.1 Å². The first-order chi connectivity index (χ1) is 12.0. The summed E-state index contributed by atoms with van der Waals surface area (Å²) in [6.45, 7) is 2.47. The van der Waals surface area contributed by atoms with Crippen LogP contribution in [0.5, 0.6) is 11.5 Å². The van der Waals surface area contributed by atoms with Crippen molar-refractivity contribution in [3.8, 4) is 11.5 Å². The lowest BCUT2D eigenvalue weighted by Gasteiger charge is -2.12. The number of nitrogens with one attached hydrogen (secondary N) is 1. The topological polar surface area (TPSA) is 59.9 Å². The molecule has 132 valence electrons. The molecule has 0 aliphatic heterocycles. The Bertz CT molecular complexity index is 764. The SMILES string of the molecule is CCOc1c(I)cc(C=NNC(=O)Cc2ccc(Cl)cc2)cc1OC. The number of methoxy groups -OCH3 is 1. The molecule has 1 amide bonds. The van der Waals surface area contributed by atoms with Crippen LogP contribution in [0.1, 0.15) is 18.1 Å². The van der Waals surface area contributed by atoms with Crippen molar-refractivity contribution in [2.24, 2.45) is 5.10 Å². The Labute approximate surface area is 165 Å². The fourth-order valence-corrected chi connectivity index (χ4v) is 3.01. The van der Waals surface area contributed by atoms with Crippen LogP contribution in [0.25, 0.3) is 0 Å². The fourth-order valence-electron chi connectivity index (χ4n) is 2.10. The van der Waals surface area contributed by atoms with E-state index >= 15 is 0 Å². The molecule has 0 bridgehead atoms. The number of carbonyl (C=O) groups is 1. The van der Waals surface area contributed by atoms with E-state index in [0.717, 1.165) is 14.7 Å². The third kappa shape index (κ3) is 5.89. The molecule has 0 saturated carbocycles. The number of hydrazone groups is 1. The van der Waals surface area contributed by atoms with E-state index in [2.05, 4.69) is 33.1 Å². The molecule has 2 aromatic carbocycles. The van der Waals surface area contributed by atoms with Crippen LogP contribution in [0, 0.1) is 3.57 Å². The van der Waals surface area contributed by atoms with Crippen LogP contribution in [0.2, 0.25) is 5.02 Å². The summed E-state index contributed by atoms with van der Waals surface area (Å²) in [4.78, 5) is 11.9. The Morgan fingerprint density at radius 1 is 1.32 bits per heavy atom. The Morgan fingerprint density at radius 2 is 2.04 bits per heavy atom. The quantitative estimate of drug-likeness (QED) is 0.376. The van der Waals surface area contributed by atoms with Gasteiger partial charge in [0.25, 0.3) is 0 Å². The summed E-state index contributed by atoms with van der Waals surface area (Å²) >= 11 is 8.00. The number of rotatable bonds is 7. The summed E-state index contributed by atoms with van der Waals surface area (Å²) in [5.74, 6) is 1.13. The lowest BCUT2D eigenvalue weighted by Crippen LogP contribution is -2.19. The zero-order valence-corrected chi connectivity index (χ0v) is 16.8. The van der Waals surface area contributed by atoms with Gasteiger partial charge >= 0.3 is 0 Å². The first-order valence-electron chi connectivity index (χ1n) is 7.60. The van der Waals surface area contributed by atoms with Crippen LogP contribution in [-0.4, -0.2) is 25.8 Å². The van der Waals surface area contributed by atoms with E-state index in [1.165, 1.54) is 0 Å². The lowest BCUT2D eigenvalue weighted by atomic mass is 10.1. The van der Waals surface area contributed by atoms with Gasteiger partial charge in [0.05, 0.1) is 29.9 Å². The number of ether oxygens (including phenoxy) is 2. The maximum absolute atomic E-state index is 11.9. The zero-order chi connectivity index (χ0) is 18.2. The second-order valence-corrected chi connectivity index (χ2v) is 6.66. The van der Waals surface area contributed by atoms with Crippen molar-refractivity contribution in [2.75, 3.05) is 13.7 Å². The van der Waals surface area contributed by atoms with E-state index in [-0.39, 0.29) is 12.3 Å². The molecular formula is C18H18ClIN2O3. The number of halogens is 2. The maximum Gasteiger partial charge on any atom is 0.244 e. The summed E-state index contributed by atoms with van der Waals surface area (Å²) in [5, 5.41) is 4.64. The average Bonchev–Trinajstić information content (AvgIpc) is 2.59. The molecule has 5 nitrogen and oxygen atoms in total. The average molecular weight is 473 g/mol. The predicted octanol–water partition coefficient (Wildman–Crippen LogP) is 4.04. The molecule has 0 aliphatic rings. The smallest absolute Gasteiger partial charge is 0.244 e. The van der Waals surface area contributed by atoms with Crippen LogP contribution in [0.3, 0.4) is 0 Å². The van der Waals surface area contributed by atoms with Crippen LogP contribution in [0.15, 0.2) is 41.5 Å². The van der Waals surface area contributed by atoms with Crippen LogP contribution < -0.4 is 14.9 Å². The molecule has 0 unspecified atom stereocenters. The van der Waals surface area contributed by atoms with Crippen LogP contribution >= 0.6 is 34.2 Å². The zero-order valence-electron chi connectivity index (χ0n) is 13.9. The van der Waals surface area contributed by atoms with Crippen LogP contribution in [-0.2, 0) is 11.2 Å². The number of amides is 1. The number of nitrogens with zero attached hydrogens (tertiary/aromatic N) is 1. The summed E-state index contributed by atoms with van der Waals surface area (Å²) in [7, 11) is 1.59. The van der Waals surface area contributed by atoms with Crippen molar-refractivity contribution in [3.05, 3.63) is 56.1 Å². The van der Waals surface area contributed by atoms with Gasteiger partial charge in [0.1, 0.15) is 0 Å². The van der Waals surface area contributed by atoms with Gasteiger partial charge in [-0.05, 0) is 64.9 Å². The number of carbonyl (C=O) groups excluding carboxylic acids is 1. The highest BCUT2D eigenvalue weighted by Crippen LogP contribution is 2.33. The Kier molecular flexibility index (Phi) is 7.52. The molecule has 2 aromatic rings. The third-order valence-corrected chi connectivity index (χ3v) is 4.27. The van der Waals surface area contributed by atoms with Crippen molar-refractivity contribution >= 4 is 46.3 Å². The van der Waals surface area contributed by atoms with Gasteiger partial charge in [-0.2, -0.15) is 5.10 Å². The summed E-state index contributed by atoms with van der Waals surface area (Å²) in [5.41, 5.74) is 4.19. The Balaban J connectivity index is 2.00. The first kappa shape index (κ1) is 19.5. The van der Waals surface area contributed by atoms with E-state index in [9.17, 15) is 4.79 Å². The van der Waals surface area contributed by atoms with Crippen molar-refractivity contribution in [1.29, 1.82) is 0 Å². The van der Waals surface area contributed by atoms with Gasteiger partial charge in [-0.15, -0.1) is 0 Å². The van der Waals surface area contributed by atoms with Gasteiger partial charge in [0.2, 0.25) is 5.91 Å². The van der Waals surface area contributed by atoms with Crippen molar-refractivity contribution in [1.82, 2.24) is 5.43 Å². The third-order valence-electron chi connectivity index (χ3n) is 3.22. The highest BCUT2D eigenvalue weighted by Gasteiger charge is 2.10. The standard InChI is InChI=1S/C18H18ClIN2O3/c1-3-25-18-15(20)8-13(9-16(18)24-2)11-21-22-17(23)10-12-4-6-14(19)7-5-12/h4-9,11H,3,10H2,1-2H3,(H,22,23). The predicted molar refractivity (Wildman–Crippen MR) is 108 cm³/mol. The molecule has 0 spiro atoms. The second kappa shape index (κ2) is 9.62. The highest BCUT2D eigenvalue weighted by atomic mass is 127. The van der Waals surface area contributed by atoms with Crippen molar-refractivity contribution in [3.63, 3.8) is 0 Å². The summed E-state index contributed by atoms with van der Waals surface area (Å²) < 4.78 is 11.8. The van der Waals surface area contributed by atoms with Gasteiger partial charge in [0, 0.05) is 5.02 Å². The van der Waals surface area contributed by atoms with E-state index in [1.807, 2.05) is 31.2 Å². The molecular weight excluding hydrogens is 455 g/mol. The molecule has 0 radical (unpaired) electrons. The molecule has 1 N–H and O–H groups in total. The Morgan fingerprint density at radius 3 is 2.68 bits per heavy atom. The number of hydrogen-bond acceptors (Lipinski definition) is 4. The van der Waals surface area contributed by atoms with Gasteiger partial charge in [-0.3, -0.25) is 4.79 Å². The summed E-state index contributed by atoms with van der Waals surface area (Å²) in [6.07, 6.45) is 1.80. The molecule has 0 saturated heterocycles. The number of hydrogen-bond donors (Lipinski definition) is 1. The minimum absolute atomic E-state index is 0.203. The van der Waals surface area contributed by atoms with Gasteiger partial charge in [-0.1, -0.05) is 23.7 Å². The van der Waals surface area contributed by atoms with Crippen molar-refractivity contribution < 1.29 is 14.3 Å². The molecule has 25 heavy (non-hydrogen) atoms. The van der Waals surface area contributed by atoms with Gasteiger partial charge < -0.3 is 9.47 Å². The maximum atomic E-state index is 11.9. The molecule has 2 rings (SSSR count). The monoisotopic (exact) mass is 472 g/mol. The molecule has 0 aliphatic carbocycles. The molecule has 0 heterocycles. The lowest BCUT2D eigenvalue weighted by molar-refractivity contribution is -0.120.